The highest BCUT2D eigenvalue weighted by Gasteiger charge is 2.33. The van der Waals surface area contributed by atoms with E-state index in [9.17, 15) is 14.4 Å². The van der Waals surface area contributed by atoms with Crippen LogP contribution in [0.5, 0.6) is 11.5 Å². The van der Waals surface area contributed by atoms with Crippen molar-refractivity contribution >= 4 is 23.5 Å². The number of ether oxygens (including phenoxy) is 3. The average molecular weight is 484 g/mol. The Balaban J connectivity index is 1.47. The summed E-state index contributed by atoms with van der Waals surface area (Å²) in [6, 6.07) is 15.8. The van der Waals surface area contributed by atoms with E-state index in [4.69, 9.17) is 14.2 Å². The number of nitrogens with zero attached hydrogens (tertiary/aromatic N) is 1. The van der Waals surface area contributed by atoms with Gasteiger partial charge in [0.05, 0.1) is 19.6 Å². The molecule has 2 aromatic carbocycles. The summed E-state index contributed by atoms with van der Waals surface area (Å²) in [5, 5.41) is 5.59. The highest BCUT2D eigenvalue weighted by Crippen LogP contribution is 2.18. The Kier molecular flexibility index (Phi) is 10.4. The molecule has 0 aromatic heterocycles. The lowest BCUT2D eigenvalue weighted by atomic mass is 10.1. The van der Waals surface area contributed by atoms with Gasteiger partial charge in [0.25, 0.3) is 0 Å². The molecule has 3 rings (SSSR count). The number of carbonyl (C=O) groups is 3. The molecule has 1 heterocycles. The van der Waals surface area contributed by atoms with Crippen LogP contribution in [-0.2, 0) is 19.1 Å². The second-order valence-electron chi connectivity index (χ2n) is 8.14. The van der Waals surface area contributed by atoms with Crippen molar-refractivity contribution in [1.82, 2.24) is 10.2 Å². The van der Waals surface area contributed by atoms with Gasteiger partial charge in [0.2, 0.25) is 11.8 Å². The van der Waals surface area contributed by atoms with Crippen molar-refractivity contribution in [3.63, 3.8) is 0 Å². The first-order valence-corrected chi connectivity index (χ1v) is 11.9. The normalized spacial score (nSPS) is 15.7. The molecule has 1 unspecified atom stereocenters. The average Bonchev–Trinajstić information content (AvgIpc) is 2.85. The fourth-order valence-electron chi connectivity index (χ4n) is 3.60. The zero-order chi connectivity index (χ0) is 24.9. The SMILES string of the molecule is CCCCOC(=O)CC1C(=O)NCCN1CC(=O)Nc1cccc(OCCOc2ccccc2)c1. The second-order valence-corrected chi connectivity index (χ2v) is 8.14. The van der Waals surface area contributed by atoms with Gasteiger partial charge in [0.1, 0.15) is 30.8 Å². The predicted octanol–water partition coefficient (Wildman–Crippen LogP) is 2.62. The standard InChI is InChI=1S/C26H33N3O6/c1-2-3-14-35-25(31)18-23-26(32)27-12-13-29(23)19-24(30)28-20-8-7-11-22(17-20)34-16-15-33-21-9-5-4-6-10-21/h4-11,17,23H,2-3,12-16,18-19H2,1H3,(H,27,32)(H,28,30). The molecule has 0 bridgehead atoms. The summed E-state index contributed by atoms with van der Waals surface area (Å²) in [6.07, 6.45) is 1.60. The highest BCUT2D eigenvalue weighted by molar-refractivity contribution is 5.93. The number of anilines is 1. The third-order valence-corrected chi connectivity index (χ3v) is 5.39. The van der Waals surface area contributed by atoms with Crippen LogP contribution >= 0.6 is 0 Å². The maximum absolute atomic E-state index is 12.7. The minimum Gasteiger partial charge on any atom is -0.490 e. The molecule has 0 radical (unpaired) electrons. The summed E-state index contributed by atoms with van der Waals surface area (Å²) in [7, 11) is 0. The van der Waals surface area contributed by atoms with E-state index in [1.54, 1.807) is 29.2 Å². The highest BCUT2D eigenvalue weighted by atomic mass is 16.5. The predicted molar refractivity (Wildman–Crippen MR) is 131 cm³/mol. The number of carbonyl (C=O) groups excluding carboxylic acids is 3. The fraction of sp³-hybridized carbons (Fsp3) is 0.423. The summed E-state index contributed by atoms with van der Waals surface area (Å²) < 4.78 is 16.5. The van der Waals surface area contributed by atoms with Crippen LogP contribution in [-0.4, -0.2) is 68.2 Å². The van der Waals surface area contributed by atoms with E-state index in [1.165, 1.54) is 0 Å². The van der Waals surface area contributed by atoms with E-state index in [0.717, 1.165) is 18.6 Å². The van der Waals surface area contributed by atoms with Gasteiger partial charge < -0.3 is 24.8 Å². The number of para-hydroxylation sites is 1. The van der Waals surface area contributed by atoms with Crippen molar-refractivity contribution in [1.29, 1.82) is 0 Å². The Labute approximate surface area is 205 Å². The van der Waals surface area contributed by atoms with Crippen molar-refractivity contribution in [3.8, 4) is 11.5 Å². The van der Waals surface area contributed by atoms with Crippen molar-refractivity contribution in [3.05, 3.63) is 54.6 Å². The van der Waals surface area contributed by atoms with E-state index >= 15 is 0 Å². The lowest BCUT2D eigenvalue weighted by molar-refractivity contribution is -0.149. The molecule has 1 saturated heterocycles. The number of piperazine rings is 1. The van der Waals surface area contributed by atoms with Gasteiger partial charge in [-0.2, -0.15) is 0 Å². The molecule has 0 spiro atoms. The Bertz CT molecular complexity index is 969. The number of hydrogen-bond acceptors (Lipinski definition) is 7. The van der Waals surface area contributed by atoms with Crippen LogP contribution in [0.1, 0.15) is 26.2 Å². The van der Waals surface area contributed by atoms with Crippen molar-refractivity contribution < 1.29 is 28.6 Å². The van der Waals surface area contributed by atoms with Gasteiger partial charge in [0, 0.05) is 24.8 Å². The summed E-state index contributed by atoms with van der Waals surface area (Å²) in [5.74, 6) is 0.380. The summed E-state index contributed by atoms with van der Waals surface area (Å²) in [4.78, 5) is 38.9. The maximum atomic E-state index is 12.7. The molecule has 0 aliphatic carbocycles. The molecule has 0 saturated carbocycles. The molecule has 188 valence electrons. The van der Waals surface area contributed by atoms with Crippen LogP contribution in [0.15, 0.2) is 54.6 Å². The number of nitrogens with one attached hydrogen (secondary N) is 2. The van der Waals surface area contributed by atoms with Gasteiger partial charge in [-0.15, -0.1) is 0 Å². The van der Waals surface area contributed by atoms with E-state index in [0.29, 0.717) is 44.3 Å². The lowest BCUT2D eigenvalue weighted by Crippen LogP contribution is -2.57. The van der Waals surface area contributed by atoms with Crippen molar-refractivity contribution in [2.45, 2.75) is 32.2 Å². The molecule has 2 amide bonds. The van der Waals surface area contributed by atoms with Gasteiger partial charge in [-0.1, -0.05) is 37.6 Å². The number of amides is 2. The van der Waals surface area contributed by atoms with Gasteiger partial charge in [-0.3, -0.25) is 19.3 Å². The summed E-state index contributed by atoms with van der Waals surface area (Å²) in [5.41, 5.74) is 0.577. The van der Waals surface area contributed by atoms with Crippen LogP contribution in [0.2, 0.25) is 0 Å². The van der Waals surface area contributed by atoms with E-state index in [1.807, 2.05) is 37.3 Å². The molecule has 2 N–H and O–H groups in total. The molecule has 35 heavy (non-hydrogen) atoms. The van der Waals surface area contributed by atoms with Gasteiger partial charge in [0.15, 0.2) is 0 Å². The molecular formula is C26H33N3O6. The van der Waals surface area contributed by atoms with E-state index in [-0.39, 0.29) is 24.8 Å². The van der Waals surface area contributed by atoms with Gasteiger partial charge in [-0.05, 0) is 30.7 Å². The molecule has 1 aliphatic heterocycles. The lowest BCUT2D eigenvalue weighted by Gasteiger charge is -2.33. The minimum atomic E-state index is -0.733. The van der Waals surface area contributed by atoms with Crippen LogP contribution in [0.3, 0.4) is 0 Å². The van der Waals surface area contributed by atoms with Crippen LogP contribution < -0.4 is 20.1 Å². The molecule has 9 heteroatoms. The minimum absolute atomic E-state index is 0.0175. The van der Waals surface area contributed by atoms with Crippen LogP contribution in [0, 0.1) is 0 Å². The number of esters is 1. The topological polar surface area (TPSA) is 106 Å². The Morgan fingerprint density at radius 3 is 2.54 bits per heavy atom. The first-order chi connectivity index (χ1) is 17.0. The van der Waals surface area contributed by atoms with Crippen molar-refractivity contribution in [2.24, 2.45) is 0 Å². The number of unbranched alkanes of at least 4 members (excludes halogenated alkanes) is 1. The third-order valence-electron chi connectivity index (χ3n) is 5.39. The number of rotatable bonds is 13. The molecular weight excluding hydrogens is 450 g/mol. The maximum Gasteiger partial charge on any atom is 0.307 e. The molecule has 1 aliphatic rings. The monoisotopic (exact) mass is 483 g/mol. The van der Waals surface area contributed by atoms with Crippen molar-refractivity contribution in [2.75, 3.05) is 44.8 Å². The first-order valence-electron chi connectivity index (χ1n) is 11.9. The van der Waals surface area contributed by atoms with E-state index < -0.39 is 12.0 Å². The Hall–Kier alpha value is -3.59. The molecule has 2 aromatic rings. The molecule has 1 fully saturated rings. The zero-order valence-electron chi connectivity index (χ0n) is 20.0. The Morgan fingerprint density at radius 1 is 1.03 bits per heavy atom. The summed E-state index contributed by atoms with van der Waals surface area (Å²) in [6.45, 7) is 3.95. The fourth-order valence-corrected chi connectivity index (χ4v) is 3.60. The molecule has 1 atom stereocenters. The smallest absolute Gasteiger partial charge is 0.307 e. The van der Waals surface area contributed by atoms with E-state index in [2.05, 4.69) is 10.6 Å². The first kappa shape index (κ1) is 26.0. The van der Waals surface area contributed by atoms with Gasteiger partial charge in [-0.25, -0.2) is 0 Å². The van der Waals surface area contributed by atoms with Crippen LogP contribution in [0.4, 0.5) is 5.69 Å². The van der Waals surface area contributed by atoms with Crippen LogP contribution in [0.25, 0.3) is 0 Å². The molecule has 9 nitrogen and oxygen atoms in total. The number of hydrogen-bond donors (Lipinski definition) is 2. The summed E-state index contributed by atoms with van der Waals surface area (Å²) >= 11 is 0. The Morgan fingerprint density at radius 2 is 1.77 bits per heavy atom. The zero-order valence-corrected chi connectivity index (χ0v) is 20.0. The third kappa shape index (κ3) is 8.94. The largest absolute Gasteiger partial charge is 0.490 e. The quantitative estimate of drug-likeness (QED) is 0.333. The van der Waals surface area contributed by atoms with Gasteiger partial charge >= 0.3 is 5.97 Å². The second kappa shape index (κ2) is 14.0. The number of benzene rings is 2.